The Morgan fingerprint density at radius 2 is 1.96 bits per heavy atom. The maximum Gasteiger partial charge on any atom is 0.586 e. The lowest BCUT2D eigenvalue weighted by molar-refractivity contribution is -0.286. The summed E-state index contributed by atoms with van der Waals surface area (Å²) in [6.07, 6.45) is -3.66. The molecule has 2 aliphatic rings. The highest BCUT2D eigenvalue weighted by molar-refractivity contribution is 5.62. The average molecular weight is 335 g/mol. The van der Waals surface area contributed by atoms with Gasteiger partial charge in [0.25, 0.3) is 0 Å². The van der Waals surface area contributed by atoms with Crippen LogP contribution < -0.4 is 19.5 Å². The molecule has 7 heteroatoms. The molecule has 0 amide bonds. The Morgan fingerprint density at radius 3 is 2.83 bits per heavy atom. The van der Waals surface area contributed by atoms with E-state index in [1.807, 2.05) is 18.2 Å². The predicted octanol–water partition coefficient (Wildman–Crippen LogP) is 3.44. The van der Waals surface area contributed by atoms with Crippen LogP contribution in [-0.2, 0) is 6.54 Å². The van der Waals surface area contributed by atoms with E-state index in [1.54, 1.807) is 12.1 Å². The first kappa shape index (κ1) is 15.0. The maximum atomic E-state index is 13.2. The van der Waals surface area contributed by atoms with Gasteiger partial charge in [-0.15, -0.1) is 8.78 Å². The first-order valence-electron chi connectivity index (χ1n) is 7.59. The van der Waals surface area contributed by atoms with Crippen LogP contribution >= 0.6 is 0 Å². The molecule has 2 heterocycles. The lowest BCUT2D eigenvalue weighted by atomic mass is 10.0. The van der Waals surface area contributed by atoms with Crippen molar-refractivity contribution in [2.45, 2.75) is 25.4 Å². The number of para-hydroxylation sites is 2. The summed E-state index contributed by atoms with van der Waals surface area (Å²) in [4.78, 5) is 0. The molecule has 5 nitrogen and oxygen atoms in total. The van der Waals surface area contributed by atoms with Crippen LogP contribution in [0.3, 0.4) is 0 Å². The van der Waals surface area contributed by atoms with Gasteiger partial charge in [-0.1, -0.05) is 24.3 Å². The second-order valence-corrected chi connectivity index (χ2v) is 5.64. The van der Waals surface area contributed by atoms with Crippen molar-refractivity contribution in [1.29, 1.82) is 0 Å². The van der Waals surface area contributed by atoms with Crippen molar-refractivity contribution in [1.82, 2.24) is 0 Å². The fourth-order valence-corrected chi connectivity index (χ4v) is 2.90. The smallest absolute Gasteiger partial charge is 0.491 e. The number of alkyl halides is 2. The molecule has 1 unspecified atom stereocenters. The van der Waals surface area contributed by atoms with Crippen LogP contribution in [0.1, 0.15) is 23.7 Å². The Morgan fingerprint density at radius 1 is 1.12 bits per heavy atom. The van der Waals surface area contributed by atoms with E-state index < -0.39 is 12.4 Å². The summed E-state index contributed by atoms with van der Waals surface area (Å²) in [7, 11) is 0. The number of aliphatic hydroxyl groups excluding tert-OH is 1. The highest BCUT2D eigenvalue weighted by atomic mass is 19.3. The van der Waals surface area contributed by atoms with Crippen LogP contribution in [0.5, 0.6) is 17.2 Å². The SMILES string of the molecule is OC1CCOc2c(NCc3cccc4c3OC(F)(F)O4)cccc21. The van der Waals surface area contributed by atoms with Crippen molar-refractivity contribution in [2.24, 2.45) is 0 Å². The van der Waals surface area contributed by atoms with Crippen molar-refractivity contribution in [2.75, 3.05) is 11.9 Å². The molecule has 1 atom stereocenters. The highest BCUT2D eigenvalue weighted by Crippen LogP contribution is 2.44. The number of aliphatic hydroxyl groups is 1. The number of nitrogens with one attached hydrogen (secondary N) is 1. The summed E-state index contributed by atoms with van der Waals surface area (Å²) in [5.41, 5.74) is 1.95. The molecule has 0 saturated carbocycles. The topological polar surface area (TPSA) is 60.0 Å². The van der Waals surface area contributed by atoms with Gasteiger partial charge in [-0.2, -0.15) is 0 Å². The zero-order valence-electron chi connectivity index (χ0n) is 12.6. The average Bonchev–Trinajstić information content (AvgIpc) is 2.88. The van der Waals surface area contributed by atoms with Crippen molar-refractivity contribution >= 4 is 5.69 Å². The van der Waals surface area contributed by atoms with Gasteiger partial charge in [-0.25, -0.2) is 0 Å². The van der Waals surface area contributed by atoms with Crippen LogP contribution in [0.15, 0.2) is 36.4 Å². The van der Waals surface area contributed by atoms with Crippen LogP contribution in [0, 0.1) is 0 Å². The molecule has 0 aliphatic carbocycles. The second-order valence-electron chi connectivity index (χ2n) is 5.64. The van der Waals surface area contributed by atoms with Gasteiger partial charge in [0.15, 0.2) is 11.5 Å². The quantitative estimate of drug-likeness (QED) is 0.900. The fourth-order valence-electron chi connectivity index (χ4n) is 2.90. The molecule has 0 fully saturated rings. The molecule has 0 spiro atoms. The Balaban J connectivity index is 1.58. The minimum atomic E-state index is -3.64. The number of anilines is 1. The van der Waals surface area contributed by atoms with E-state index in [0.29, 0.717) is 30.0 Å². The number of rotatable bonds is 3. The number of fused-ring (bicyclic) bond motifs is 2. The van der Waals surface area contributed by atoms with Gasteiger partial charge in [0.1, 0.15) is 5.75 Å². The minimum Gasteiger partial charge on any atom is -0.491 e. The normalized spacial score (nSPS) is 20.2. The third kappa shape index (κ3) is 2.60. The molecule has 0 radical (unpaired) electrons. The maximum absolute atomic E-state index is 13.2. The van der Waals surface area contributed by atoms with E-state index in [4.69, 9.17) is 4.74 Å². The van der Waals surface area contributed by atoms with Gasteiger partial charge in [0, 0.05) is 24.1 Å². The van der Waals surface area contributed by atoms with Crippen molar-refractivity contribution in [3.63, 3.8) is 0 Å². The van der Waals surface area contributed by atoms with Gasteiger partial charge in [-0.3, -0.25) is 0 Å². The standard InChI is InChI=1S/C17H15F2NO4/c18-17(19)23-14-6-1-3-10(15(14)24-17)9-20-12-5-2-4-11-13(21)7-8-22-16(11)12/h1-6,13,20-21H,7-9H2. The molecule has 2 aromatic rings. The van der Waals surface area contributed by atoms with Crippen LogP contribution in [0.25, 0.3) is 0 Å². The molecule has 2 aliphatic heterocycles. The molecule has 24 heavy (non-hydrogen) atoms. The van der Waals surface area contributed by atoms with Gasteiger partial charge in [0.2, 0.25) is 0 Å². The van der Waals surface area contributed by atoms with Crippen LogP contribution in [0.2, 0.25) is 0 Å². The largest absolute Gasteiger partial charge is 0.586 e. The molecular formula is C17H15F2NO4. The van der Waals surface area contributed by atoms with Crippen molar-refractivity contribution in [3.8, 4) is 17.2 Å². The van der Waals surface area contributed by atoms with Crippen molar-refractivity contribution in [3.05, 3.63) is 47.5 Å². The van der Waals surface area contributed by atoms with Gasteiger partial charge < -0.3 is 24.6 Å². The van der Waals surface area contributed by atoms with Gasteiger partial charge in [0.05, 0.1) is 18.4 Å². The molecular weight excluding hydrogens is 320 g/mol. The molecule has 0 bridgehead atoms. The summed E-state index contributed by atoms with van der Waals surface area (Å²) < 4.78 is 41.1. The van der Waals surface area contributed by atoms with Crippen LogP contribution in [0.4, 0.5) is 14.5 Å². The molecule has 126 valence electrons. The van der Waals surface area contributed by atoms with E-state index in [1.165, 1.54) is 6.07 Å². The van der Waals surface area contributed by atoms with Crippen LogP contribution in [-0.4, -0.2) is 18.0 Å². The Hall–Kier alpha value is -2.54. The monoisotopic (exact) mass is 335 g/mol. The summed E-state index contributed by atoms with van der Waals surface area (Å²) in [5.74, 6) is 0.633. The number of halogens is 2. The van der Waals surface area contributed by atoms with E-state index in [9.17, 15) is 13.9 Å². The second kappa shape index (κ2) is 5.52. The first-order valence-corrected chi connectivity index (χ1v) is 7.59. The zero-order valence-corrected chi connectivity index (χ0v) is 12.6. The third-order valence-electron chi connectivity index (χ3n) is 4.02. The fraction of sp³-hybridized carbons (Fsp3) is 0.294. The van der Waals surface area contributed by atoms with Crippen molar-refractivity contribution < 1.29 is 28.1 Å². The predicted molar refractivity (Wildman–Crippen MR) is 81.5 cm³/mol. The zero-order chi connectivity index (χ0) is 16.7. The highest BCUT2D eigenvalue weighted by Gasteiger charge is 2.44. The summed E-state index contributed by atoms with van der Waals surface area (Å²) in [5, 5.41) is 13.2. The summed E-state index contributed by atoms with van der Waals surface area (Å²) >= 11 is 0. The number of benzene rings is 2. The molecule has 0 saturated heterocycles. The number of ether oxygens (including phenoxy) is 3. The Kier molecular flexibility index (Phi) is 3.45. The summed E-state index contributed by atoms with van der Waals surface area (Å²) in [6, 6.07) is 10.2. The summed E-state index contributed by atoms with van der Waals surface area (Å²) in [6.45, 7) is 0.676. The van der Waals surface area contributed by atoms with Gasteiger partial charge in [-0.05, 0) is 12.1 Å². The lowest BCUT2D eigenvalue weighted by Gasteiger charge is -2.24. The van der Waals surface area contributed by atoms with E-state index in [2.05, 4.69) is 14.8 Å². The minimum absolute atomic E-state index is 0.0149. The van der Waals surface area contributed by atoms with Gasteiger partial charge >= 0.3 is 6.29 Å². The van der Waals surface area contributed by atoms with E-state index >= 15 is 0 Å². The number of hydrogen-bond acceptors (Lipinski definition) is 5. The molecule has 4 rings (SSSR count). The molecule has 2 aromatic carbocycles. The number of hydrogen-bond donors (Lipinski definition) is 2. The van der Waals surface area contributed by atoms with E-state index in [-0.39, 0.29) is 18.0 Å². The Labute approximate surface area is 136 Å². The molecule has 2 N–H and O–H groups in total. The third-order valence-corrected chi connectivity index (χ3v) is 4.02. The lowest BCUT2D eigenvalue weighted by Crippen LogP contribution is -2.26. The van der Waals surface area contributed by atoms with E-state index in [0.717, 1.165) is 5.56 Å². The first-order chi connectivity index (χ1) is 11.5. The molecule has 0 aromatic heterocycles. The Bertz CT molecular complexity index is 781.